The third-order valence-corrected chi connectivity index (χ3v) is 8.84. The lowest BCUT2D eigenvalue weighted by Crippen LogP contribution is -2.70. The van der Waals surface area contributed by atoms with Gasteiger partial charge in [-0.2, -0.15) is 0 Å². The molecule has 1 saturated heterocycles. The summed E-state index contributed by atoms with van der Waals surface area (Å²) < 4.78 is 15.2. The van der Waals surface area contributed by atoms with Crippen LogP contribution >= 0.6 is 11.8 Å². The topological polar surface area (TPSA) is 231 Å². The highest BCUT2D eigenvalue weighted by Crippen LogP contribution is 2.40. The number of carbonyl (C=O) groups excluding carboxylic acids is 5. The van der Waals surface area contributed by atoms with Crippen molar-refractivity contribution in [3.8, 4) is 17.2 Å². The predicted octanol–water partition coefficient (Wildman–Crippen LogP) is 1.33. The van der Waals surface area contributed by atoms with Crippen LogP contribution in [0.15, 0.2) is 58.5 Å². The molecule has 1 aromatic heterocycles. The Bertz CT molecular complexity index is 1970. The van der Waals surface area contributed by atoms with Crippen LogP contribution in [0.3, 0.4) is 0 Å². The molecule has 5 rings (SSSR count). The summed E-state index contributed by atoms with van der Waals surface area (Å²) in [7, 11) is 0. The van der Waals surface area contributed by atoms with Crippen LogP contribution in [0.5, 0.6) is 17.2 Å². The minimum atomic E-state index is -1.34. The third kappa shape index (κ3) is 7.57. The van der Waals surface area contributed by atoms with Gasteiger partial charge >= 0.3 is 23.9 Å². The Balaban J connectivity index is 1.38. The number of hydrogen-bond donors (Lipinski definition) is 5. The maximum atomic E-state index is 13.6. The van der Waals surface area contributed by atoms with Gasteiger partial charge in [-0.15, -0.1) is 11.8 Å². The molecule has 2 aliphatic heterocycles. The van der Waals surface area contributed by atoms with Gasteiger partial charge < -0.3 is 40.0 Å². The van der Waals surface area contributed by atoms with E-state index in [1.54, 1.807) is 12.1 Å². The molecule has 2 aliphatic rings. The Morgan fingerprint density at radius 2 is 1.63 bits per heavy atom. The molecule has 0 aliphatic carbocycles. The number of benzene rings is 2. The number of hydrogen-bond acceptors (Lipinski definition) is 13. The fourth-order valence-corrected chi connectivity index (χ4v) is 6.69. The molecular weight excluding hydrogens is 664 g/mol. The smallest absolute Gasteiger partial charge is 0.352 e. The van der Waals surface area contributed by atoms with Crippen molar-refractivity contribution in [1.29, 1.82) is 0 Å². The Morgan fingerprint density at radius 3 is 2.24 bits per heavy atom. The number of nitrogens with one attached hydrogen (secondary N) is 3. The number of nitrogens with zero attached hydrogens (tertiary/aromatic N) is 1. The molecule has 2 amide bonds. The van der Waals surface area contributed by atoms with Crippen molar-refractivity contribution in [2.75, 3.05) is 18.9 Å². The number of H-pyrrole nitrogens is 1. The van der Waals surface area contributed by atoms with Crippen LogP contribution in [-0.4, -0.2) is 86.1 Å². The second-order valence-corrected chi connectivity index (χ2v) is 12.1. The van der Waals surface area contributed by atoms with E-state index in [1.165, 1.54) is 49.0 Å². The highest BCUT2D eigenvalue weighted by molar-refractivity contribution is 8.00. The summed E-state index contributed by atoms with van der Waals surface area (Å²) in [5.74, 6) is -4.72. The normalized spacial score (nSPS) is 17.4. The summed E-state index contributed by atoms with van der Waals surface area (Å²) in [6, 6.07) is 8.09. The first-order valence-corrected chi connectivity index (χ1v) is 15.7. The first-order valence-electron chi connectivity index (χ1n) is 14.7. The van der Waals surface area contributed by atoms with Crippen molar-refractivity contribution in [1.82, 2.24) is 20.5 Å². The summed E-state index contributed by atoms with van der Waals surface area (Å²) in [5, 5.41) is 25.2. The molecule has 49 heavy (non-hydrogen) atoms. The quantitative estimate of drug-likeness (QED) is 0.108. The van der Waals surface area contributed by atoms with E-state index >= 15 is 0 Å². The van der Waals surface area contributed by atoms with E-state index in [9.17, 15) is 43.8 Å². The number of carboxylic acids is 1. The average molecular weight is 695 g/mol. The number of pyridine rings is 1. The van der Waals surface area contributed by atoms with Crippen molar-refractivity contribution in [2.45, 2.75) is 38.2 Å². The number of phenolic OH excluding ortho intramolecular Hbond substituents is 1. The number of fused-ring (bicyclic) bond motifs is 2. The Hall–Kier alpha value is -5.68. The molecule has 3 heterocycles. The van der Waals surface area contributed by atoms with Crippen LogP contribution in [0.4, 0.5) is 0 Å². The number of carbonyl (C=O) groups is 6. The predicted molar refractivity (Wildman–Crippen MR) is 172 cm³/mol. The lowest BCUT2D eigenvalue weighted by atomic mass is 10.0. The number of aromatic nitrogens is 1. The molecule has 0 bridgehead atoms. The maximum absolute atomic E-state index is 13.6. The summed E-state index contributed by atoms with van der Waals surface area (Å²) in [5.41, 5.74) is -0.354. The zero-order chi connectivity index (χ0) is 35.6. The first kappa shape index (κ1) is 34.6. The van der Waals surface area contributed by atoms with Gasteiger partial charge in [0.1, 0.15) is 35.0 Å². The van der Waals surface area contributed by atoms with Gasteiger partial charge in [-0.3, -0.25) is 33.7 Å². The molecule has 1 unspecified atom stereocenters. The molecule has 2 aromatic carbocycles. The maximum Gasteiger partial charge on any atom is 0.352 e. The number of aromatic hydroxyl groups is 1. The first-order chi connectivity index (χ1) is 23.2. The van der Waals surface area contributed by atoms with Crippen molar-refractivity contribution >= 4 is 58.4 Å². The van der Waals surface area contributed by atoms with E-state index in [0.717, 1.165) is 18.7 Å². The fraction of sp³-hybridized carbons (Fsp3) is 0.281. The molecule has 5 N–H and O–H groups in total. The van der Waals surface area contributed by atoms with Crippen LogP contribution < -0.4 is 25.7 Å². The Labute approximate surface area is 281 Å². The number of β-lactam (4-membered cyclic amide) rings is 1. The molecule has 17 heteroatoms. The molecule has 256 valence electrons. The van der Waals surface area contributed by atoms with E-state index in [2.05, 4.69) is 15.6 Å². The van der Waals surface area contributed by atoms with Crippen molar-refractivity contribution in [2.24, 2.45) is 0 Å². The zero-order valence-corrected chi connectivity index (χ0v) is 27.0. The van der Waals surface area contributed by atoms with Crippen LogP contribution in [0.25, 0.3) is 10.9 Å². The molecule has 0 radical (unpaired) electrons. The van der Waals surface area contributed by atoms with Gasteiger partial charge in [0.05, 0.1) is 11.6 Å². The number of carboxylic acid groups (broad SMARTS) is 1. The molecular formula is C32H30N4O12S. The molecule has 0 saturated carbocycles. The van der Waals surface area contributed by atoms with Gasteiger partial charge in [0.15, 0.2) is 11.5 Å². The lowest BCUT2D eigenvalue weighted by molar-refractivity contribution is -0.149. The average Bonchev–Trinajstić information content (AvgIpc) is 3.02. The van der Waals surface area contributed by atoms with Crippen molar-refractivity contribution in [3.05, 3.63) is 75.2 Å². The zero-order valence-electron chi connectivity index (χ0n) is 26.2. The number of phenols is 1. The Kier molecular flexibility index (Phi) is 10.0. The Morgan fingerprint density at radius 1 is 0.980 bits per heavy atom. The number of esters is 3. The highest BCUT2D eigenvalue weighted by Gasteiger charge is 2.53. The second kappa shape index (κ2) is 14.2. The van der Waals surface area contributed by atoms with E-state index in [-0.39, 0.29) is 63.9 Å². The second-order valence-electron chi connectivity index (χ2n) is 11.0. The SMILES string of the molecule is CC(=O)OCC1=C(C(=O)O)N2C(=O)C(NC[C@H](NC(=O)c3cc4cc(OC(C)=O)c(OC(C)=O)cc4[nH]c3=O)c3ccc(O)cc3)[C@H]2SC1. The van der Waals surface area contributed by atoms with Gasteiger partial charge in [-0.05, 0) is 29.8 Å². The molecule has 3 atom stereocenters. The van der Waals surface area contributed by atoms with E-state index in [1.807, 2.05) is 0 Å². The highest BCUT2D eigenvalue weighted by atomic mass is 32.2. The van der Waals surface area contributed by atoms with Crippen LogP contribution in [-0.2, 0) is 28.7 Å². The van der Waals surface area contributed by atoms with Gasteiger partial charge in [-0.25, -0.2) is 4.79 Å². The summed E-state index contributed by atoms with van der Waals surface area (Å²) >= 11 is 1.28. The molecule has 1 fully saturated rings. The van der Waals surface area contributed by atoms with Gasteiger partial charge in [0.2, 0.25) is 5.91 Å². The minimum Gasteiger partial charge on any atom is -0.508 e. The molecule has 16 nitrogen and oxygen atoms in total. The molecule has 0 spiro atoms. The van der Waals surface area contributed by atoms with E-state index < -0.39 is 58.7 Å². The summed E-state index contributed by atoms with van der Waals surface area (Å²) in [6.45, 7) is 3.18. The minimum absolute atomic E-state index is 0.0366. The number of ether oxygens (including phenoxy) is 3. The van der Waals surface area contributed by atoms with Crippen LogP contribution in [0.2, 0.25) is 0 Å². The summed E-state index contributed by atoms with van der Waals surface area (Å²) in [4.78, 5) is 90.1. The van der Waals surface area contributed by atoms with Gasteiger partial charge in [-0.1, -0.05) is 12.1 Å². The number of aliphatic carboxylic acids is 1. The standard InChI is InChI=1S/C32H30N4O12S/c1-14(37)46-12-19-13-49-31-26(30(43)36(31)27(19)32(44)45)33-11-23(17-4-6-20(40)7-5-17)35-29(42)21-8-18-9-24(47-15(2)38)25(48-16(3)39)10-22(18)34-28(21)41/h4-10,23,26,31,33,40H,11-13H2,1-3H3,(H,34,41)(H,35,42)(H,44,45)/t23-,26?,31+/m0/s1. The van der Waals surface area contributed by atoms with E-state index in [4.69, 9.17) is 14.2 Å². The molecule has 3 aromatic rings. The number of rotatable bonds is 11. The fourth-order valence-electron chi connectivity index (χ4n) is 5.33. The largest absolute Gasteiger partial charge is 0.508 e. The van der Waals surface area contributed by atoms with Crippen LogP contribution in [0.1, 0.15) is 42.7 Å². The lowest BCUT2D eigenvalue weighted by Gasteiger charge is -2.50. The van der Waals surface area contributed by atoms with Gasteiger partial charge in [0, 0.05) is 50.1 Å². The van der Waals surface area contributed by atoms with E-state index in [0.29, 0.717) is 5.56 Å². The van der Waals surface area contributed by atoms with Crippen molar-refractivity contribution in [3.63, 3.8) is 0 Å². The van der Waals surface area contributed by atoms with Gasteiger partial charge in [0.25, 0.3) is 11.5 Å². The van der Waals surface area contributed by atoms with Crippen LogP contribution in [0, 0.1) is 0 Å². The summed E-state index contributed by atoms with van der Waals surface area (Å²) in [6.07, 6.45) is 0. The number of aromatic amines is 1. The number of thioether (sulfide) groups is 1. The monoisotopic (exact) mass is 694 g/mol. The van der Waals surface area contributed by atoms with Crippen molar-refractivity contribution < 1.29 is 53.2 Å². The third-order valence-electron chi connectivity index (χ3n) is 7.50. The number of amides is 2.